The smallest absolute Gasteiger partial charge is 0.407 e. The molecule has 1 atom stereocenters. The third-order valence-electron chi connectivity index (χ3n) is 5.04. The summed E-state index contributed by atoms with van der Waals surface area (Å²) >= 11 is 0. The maximum atomic E-state index is 12.2. The van der Waals surface area contributed by atoms with Crippen LogP contribution in [0.3, 0.4) is 0 Å². The molecule has 1 amide bonds. The Morgan fingerprint density at radius 2 is 1.52 bits per heavy atom. The van der Waals surface area contributed by atoms with E-state index in [4.69, 9.17) is 9.47 Å². The maximum Gasteiger partial charge on any atom is 0.407 e. The van der Waals surface area contributed by atoms with Crippen LogP contribution in [0.15, 0.2) is 48.5 Å². The number of nitrogens with zero attached hydrogens (tertiary/aromatic N) is 1. The molecule has 2 aromatic carbocycles. The van der Waals surface area contributed by atoms with Crippen LogP contribution in [0.25, 0.3) is 11.1 Å². The van der Waals surface area contributed by atoms with Gasteiger partial charge in [-0.1, -0.05) is 48.5 Å². The summed E-state index contributed by atoms with van der Waals surface area (Å²) in [5.41, 5.74) is 4.64. The Balaban J connectivity index is 1.54. The monoisotopic (exact) mass is 397 g/mol. The fourth-order valence-corrected chi connectivity index (χ4v) is 3.42. The number of amides is 1. The van der Waals surface area contributed by atoms with E-state index in [2.05, 4.69) is 29.6 Å². The van der Waals surface area contributed by atoms with Crippen molar-refractivity contribution in [2.75, 3.05) is 40.9 Å². The first kappa shape index (κ1) is 20.9. The fourth-order valence-electron chi connectivity index (χ4n) is 3.42. The second-order valence-corrected chi connectivity index (χ2v) is 8.37. The first-order valence-electron chi connectivity index (χ1n) is 9.85. The van der Waals surface area contributed by atoms with Crippen molar-refractivity contribution in [1.82, 2.24) is 5.32 Å². The van der Waals surface area contributed by atoms with Gasteiger partial charge in [0, 0.05) is 5.92 Å². The highest BCUT2D eigenvalue weighted by atomic mass is 16.6. The third kappa shape index (κ3) is 5.15. The highest BCUT2D eigenvalue weighted by molar-refractivity contribution is 5.81. The van der Waals surface area contributed by atoms with Gasteiger partial charge >= 0.3 is 12.1 Å². The molecule has 0 fully saturated rings. The van der Waals surface area contributed by atoms with E-state index in [0.717, 1.165) is 11.1 Å². The van der Waals surface area contributed by atoms with Crippen LogP contribution in [0.2, 0.25) is 0 Å². The Morgan fingerprint density at radius 1 is 0.966 bits per heavy atom. The van der Waals surface area contributed by atoms with Gasteiger partial charge in [-0.25, -0.2) is 9.59 Å². The number of esters is 1. The molecule has 0 aromatic heterocycles. The highest BCUT2D eigenvalue weighted by Crippen LogP contribution is 2.44. The van der Waals surface area contributed by atoms with E-state index in [1.165, 1.54) is 11.1 Å². The number of alkyl carbamates (subject to hydrolysis) is 1. The summed E-state index contributed by atoms with van der Waals surface area (Å²) in [6.07, 6.45) is -0.622. The first-order chi connectivity index (χ1) is 13.8. The predicted octanol–water partition coefficient (Wildman–Crippen LogP) is 3.16. The number of likely N-dealkylation sites (N-methyl/N-ethyl adjacent to an activating group) is 1. The average Bonchev–Trinajstić information content (AvgIpc) is 2.99. The molecule has 1 N–H and O–H groups in total. The van der Waals surface area contributed by atoms with Gasteiger partial charge in [-0.05, 0) is 29.2 Å². The molecule has 6 heteroatoms. The summed E-state index contributed by atoms with van der Waals surface area (Å²) < 4.78 is 11.4. The lowest BCUT2D eigenvalue weighted by atomic mass is 9.98. The lowest BCUT2D eigenvalue weighted by Gasteiger charge is -2.23. The van der Waals surface area contributed by atoms with Gasteiger partial charge in [-0.2, -0.15) is 0 Å². The molecule has 154 valence electrons. The Labute approximate surface area is 172 Å². The molecule has 1 aliphatic carbocycles. The van der Waals surface area contributed by atoms with Gasteiger partial charge in [0.1, 0.15) is 25.8 Å². The maximum absolute atomic E-state index is 12.2. The van der Waals surface area contributed by atoms with Crippen molar-refractivity contribution < 1.29 is 23.5 Å². The van der Waals surface area contributed by atoms with Crippen LogP contribution in [0, 0.1) is 0 Å². The highest BCUT2D eigenvalue weighted by Gasteiger charge is 2.29. The molecule has 0 spiro atoms. The molecular weight excluding hydrogens is 368 g/mol. The zero-order valence-electron chi connectivity index (χ0n) is 17.5. The van der Waals surface area contributed by atoms with E-state index in [0.29, 0.717) is 17.6 Å². The molecular formula is C23H29N2O4+. The molecule has 29 heavy (non-hydrogen) atoms. The molecule has 3 rings (SSSR count). The number of quaternary nitrogens is 1. The topological polar surface area (TPSA) is 64.6 Å². The molecule has 0 saturated carbocycles. The minimum atomic E-state index is -0.766. The van der Waals surface area contributed by atoms with Crippen LogP contribution >= 0.6 is 0 Å². The molecule has 0 unspecified atom stereocenters. The Bertz CT molecular complexity index is 843. The number of benzene rings is 2. The van der Waals surface area contributed by atoms with Gasteiger partial charge in [0.15, 0.2) is 0 Å². The van der Waals surface area contributed by atoms with Crippen molar-refractivity contribution in [3.8, 4) is 11.1 Å². The second-order valence-electron chi connectivity index (χ2n) is 8.37. The molecule has 1 aliphatic rings. The number of hydrogen-bond acceptors (Lipinski definition) is 4. The van der Waals surface area contributed by atoms with Crippen LogP contribution in [0.1, 0.15) is 24.0 Å². The number of fused-ring (bicyclic) bond motifs is 3. The zero-order valence-corrected chi connectivity index (χ0v) is 17.5. The van der Waals surface area contributed by atoms with E-state index < -0.39 is 18.1 Å². The normalized spacial score (nSPS) is 13.9. The van der Waals surface area contributed by atoms with Gasteiger partial charge < -0.3 is 19.3 Å². The molecule has 0 heterocycles. The SMILES string of the molecule is C[C@H](NC(=O)OCC1c2ccccc2-c2ccccc21)C(=O)OCC[N+](C)(C)C. The van der Waals surface area contributed by atoms with E-state index >= 15 is 0 Å². The second kappa shape index (κ2) is 8.66. The summed E-state index contributed by atoms with van der Waals surface area (Å²) in [4.78, 5) is 24.3. The van der Waals surface area contributed by atoms with Crippen molar-refractivity contribution in [3.05, 3.63) is 59.7 Å². The summed E-state index contributed by atoms with van der Waals surface area (Å²) in [5.74, 6) is -0.480. The molecule has 6 nitrogen and oxygen atoms in total. The number of ether oxygens (including phenoxy) is 2. The summed E-state index contributed by atoms with van der Waals surface area (Å²) in [6.45, 7) is 2.81. The van der Waals surface area contributed by atoms with E-state index in [1.54, 1.807) is 6.92 Å². The number of hydrogen-bond donors (Lipinski definition) is 1. The predicted molar refractivity (Wildman–Crippen MR) is 112 cm³/mol. The zero-order chi connectivity index (χ0) is 21.0. The van der Waals surface area contributed by atoms with Crippen molar-refractivity contribution in [3.63, 3.8) is 0 Å². The minimum Gasteiger partial charge on any atom is -0.458 e. The van der Waals surface area contributed by atoms with Crippen molar-refractivity contribution >= 4 is 12.1 Å². The quantitative estimate of drug-likeness (QED) is 0.576. The van der Waals surface area contributed by atoms with Gasteiger partial charge in [-0.15, -0.1) is 0 Å². The number of nitrogens with one attached hydrogen (secondary N) is 1. The van der Waals surface area contributed by atoms with Crippen molar-refractivity contribution in [2.45, 2.75) is 18.9 Å². The van der Waals surface area contributed by atoms with Gasteiger partial charge in [-0.3, -0.25) is 0 Å². The van der Waals surface area contributed by atoms with Crippen LogP contribution in [0.5, 0.6) is 0 Å². The number of carbonyl (C=O) groups excluding carboxylic acids is 2. The summed E-state index contributed by atoms with van der Waals surface area (Å²) in [7, 11) is 6.06. The molecule has 0 radical (unpaired) electrons. The van der Waals surface area contributed by atoms with Gasteiger partial charge in [0.25, 0.3) is 0 Å². The van der Waals surface area contributed by atoms with Crippen LogP contribution in [-0.2, 0) is 14.3 Å². The van der Waals surface area contributed by atoms with E-state index in [-0.39, 0.29) is 12.5 Å². The van der Waals surface area contributed by atoms with Crippen LogP contribution in [-0.4, -0.2) is 63.5 Å². The minimum absolute atomic E-state index is 0.0139. The van der Waals surface area contributed by atoms with Crippen LogP contribution in [0.4, 0.5) is 4.79 Å². The largest absolute Gasteiger partial charge is 0.458 e. The molecule has 2 aromatic rings. The van der Waals surface area contributed by atoms with E-state index in [1.807, 2.05) is 45.4 Å². The molecule has 0 bridgehead atoms. The average molecular weight is 397 g/mol. The Hall–Kier alpha value is -2.86. The lowest BCUT2D eigenvalue weighted by Crippen LogP contribution is -2.42. The standard InChI is InChI=1S/C23H28N2O4/c1-16(22(26)28-14-13-25(2,3)4)24-23(27)29-15-21-19-11-7-5-9-17(19)18-10-6-8-12-20(18)21/h5-12,16,21H,13-15H2,1-4H3/p+1/t16-/m0/s1. The first-order valence-corrected chi connectivity index (χ1v) is 9.85. The van der Waals surface area contributed by atoms with Crippen molar-refractivity contribution in [1.29, 1.82) is 0 Å². The Morgan fingerprint density at radius 3 is 2.07 bits per heavy atom. The van der Waals surface area contributed by atoms with Gasteiger partial charge in [0.05, 0.1) is 21.1 Å². The third-order valence-corrected chi connectivity index (χ3v) is 5.04. The molecule has 0 saturated heterocycles. The Kier molecular flexibility index (Phi) is 6.23. The number of carbonyl (C=O) groups is 2. The lowest BCUT2D eigenvalue weighted by molar-refractivity contribution is -0.870. The number of rotatable bonds is 7. The fraction of sp³-hybridized carbons (Fsp3) is 0.391. The summed E-state index contributed by atoms with van der Waals surface area (Å²) in [5, 5.41) is 2.56. The van der Waals surface area contributed by atoms with Gasteiger partial charge in [0.2, 0.25) is 0 Å². The summed E-state index contributed by atoms with van der Waals surface area (Å²) in [6, 6.07) is 15.5. The molecule has 0 aliphatic heterocycles. The van der Waals surface area contributed by atoms with E-state index in [9.17, 15) is 9.59 Å². The van der Waals surface area contributed by atoms with Crippen LogP contribution < -0.4 is 5.32 Å². The van der Waals surface area contributed by atoms with Crippen molar-refractivity contribution in [2.24, 2.45) is 0 Å².